The molecule has 0 aromatic carbocycles. The van der Waals surface area contributed by atoms with Gasteiger partial charge in [-0.3, -0.25) is 4.79 Å². The van der Waals surface area contributed by atoms with Gasteiger partial charge in [0.2, 0.25) is 10.5 Å². The normalized spacial score (nSPS) is 9.88. The Balaban J connectivity index is 3.25. The molecule has 0 bridgehead atoms. The van der Waals surface area contributed by atoms with Gasteiger partial charge in [-0.05, 0) is 5.92 Å². The number of rotatable bonds is 2. The summed E-state index contributed by atoms with van der Waals surface area (Å²) in [7, 11) is 0.529. The van der Waals surface area contributed by atoms with Crippen LogP contribution in [0.15, 0.2) is 0 Å². The van der Waals surface area contributed by atoms with Crippen LogP contribution in [0.2, 0.25) is 0 Å². The SMILES string of the molecule is CC(C)CC(=O)O[SiH3]. The van der Waals surface area contributed by atoms with Crippen molar-refractivity contribution in [1.82, 2.24) is 0 Å². The first-order valence-corrected chi connectivity index (χ1v) is 3.55. The van der Waals surface area contributed by atoms with Gasteiger partial charge in [0.25, 0.3) is 5.97 Å². The quantitative estimate of drug-likeness (QED) is 0.489. The summed E-state index contributed by atoms with van der Waals surface area (Å²) >= 11 is 0. The third kappa shape index (κ3) is 3.86. The molecule has 0 fully saturated rings. The minimum absolute atomic E-state index is 0.0633. The molecule has 0 amide bonds. The lowest BCUT2D eigenvalue weighted by Crippen LogP contribution is -2.04. The summed E-state index contributed by atoms with van der Waals surface area (Å²) in [6.07, 6.45) is 0.559. The highest BCUT2D eigenvalue weighted by Gasteiger charge is 2.00. The van der Waals surface area contributed by atoms with Crippen LogP contribution in [0, 0.1) is 5.92 Å². The molecule has 3 heteroatoms. The van der Waals surface area contributed by atoms with Gasteiger partial charge in [-0.1, -0.05) is 13.8 Å². The van der Waals surface area contributed by atoms with E-state index in [2.05, 4.69) is 4.43 Å². The Kier molecular flexibility index (Phi) is 3.52. The molecule has 0 radical (unpaired) electrons. The van der Waals surface area contributed by atoms with Gasteiger partial charge in [0.05, 0.1) is 0 Å². The first-order chi connectivity index (χ1) is 3.66. The van der Waals surface area contributed by atoms with E-state index >= 15 is 0 Å². The Morgan fingerprint density at radius 2 is 2.25 bits per heavy atom. The average molecular weight is 132 g/mol. The van der Waals surface area contributed by atoms with E-state index in [1.807, 2.05) is 13.8 Å². The summed E-state index contributed by atoms with van der Waals surface area (Å²) in [4.78, 5) is 10.4. The minimum Gasteiger partial charge on any atom is -0.529 e. The van der Waals surface area contributed by atoms with E-state index in [1.165, 1.54) is 0 Å². The average Bonchev–Trinajstić information content (AvgIpc) is 1.65. The van der Waals surface area contributed by atoms with Crippen molar-refractivity contribution in [2.75, 3.05) is 0 Å². The number of carbonyl (C=O) groups is 1. The van der Waals surface area contributed by atoms with Crippen molar-refractivity contribution < 1.29 is 9.22 Å². The van der Waals surface area contributed by atoms with Crippen molar-refractivity contribution >= 4 is 16.5 Å². The highest BCUT2D eigenvalue weighted by Crippen LogP contribution is 1.98. The summed E-state index contributed by atoms with van der Waals surface area (Å²) in [6, 6.07) is 0. The van der Waals surface area contributed by atoms with E-state index in [9.17, 15) is 4.79 Å². The van der Waals surface area contributed by atoms with Gasteiger partial charge in [0.15, 0.2) is 0 Å². The zero-order valence-corrected chi connectivity index (χ0v) is 7.60. The fourth-order valence-electron chi connectivity index (χ4n) is 0.417. The molecular formula is C5H12O2Si. The molecule has 0 spiro atoms. The van der Waals surface area contributed by atoms with E-state index in [-0.39, 0.29) is 5.97 Å². The standard InChI is InChI=1S/C5H12O2Si/c1-4(2)3-5(6)7-8/h4H,3H2,1-2,8H3. The van der Waals surface area contributed by atoms with Crippen LogP contribution in [0.5, 0.6) is 0 Å². The highest BCUT2D eigenvalue weighted by molar-refractivity contribution is 6.05. The summed E-state index contributed by atoms with van der Waals surface area (Å²) in [6.45, 7) is 4.00. The largest absolute Gasteiger partial charge is 0.529 e. The molecule has 0 saturated heterocycles. The lowest BCUT2D eigenvalue weighted by atomic mass is 10.1. The van der Waals surface area contributed by atoms with Crippen molar-refractivity contribution in [3.8, 4) is 0 Å². The molecule has 0 N–H and O–H groups in total. The summed E-state index contributed by atoms with van der Waals surface area (Å²) in [5, 5.41) is 0. The van der Waals surface area contributed by atoms with Gasteiger partial charge in [-0.25, -0.2) is 0 Å². The van der Waals surface area contributed by atoms with Crippen LogP contribution in [0.4, 0.5) is 0 Å². The smallest absolute Gasteiger partial charge is 0.292 e. The second-order valence-electron chi connectivity index (χ2n) is 2.17. The number of hydrogen-bond donors (Lipinski definition) is 0. The Morgan fingerprint density at radius 3 is 2.38 bits per heavy atom. The van der Waals surface area contributed by atoms with Crippen molar-refractivity contribution in [3.63, 3.8) is 0 Å². The van der Waals surface area contributed by atoms with Crippen molar-refractivity contribution in [3.05, 3.63) is 0 Å². The third-order valence-corrected chi connectivity index (χ3v) is 1.26. The van der Waals surface area contributed by atoms with Crippen LogP contribution in [-0.4, -0.2) is 16.5 Å². The van der Waals surface area contributed by atoms with Crippen LogP contribution < -0.4 is 0 Å². The van der Waals surface area contributed by atoms with E-state index < -0.39 is 0 Å². The third-order valence-electron chi connectivity index (χ3n) is 0.803. The molecule has 0 aliphatic carbocycles. The van der Waals surface area contributed by atoms with Gasteiger partial charge in [-0.2, -0.15) is 0 Å². The van der Waals surface area contributed by atoms with E-state index in [1.54, 1.807) is 0 Å². The summed E-state index contributed by atoms with van der Waals surface area (Å²) in [5.74, 6) is 0.364. The highest BCUT2D eigenvalue weighted by atomic mass is 28.2. The fourth-order valence-corrected chi connectivity index (χ4v) is 0.583. The molecule has 0 aromatic rings. The van der Waals surface area contributed by atoms with Crippen molar-refractivity contribution in [2.24, 2.45) is 5.92 Å². The Morgan fingerprint density at radius 1 is 1.75 bits per heavy atom. The molecule has 0 saturated carbocycles. The van der Waals surface area contributed by atoms with Crippen LogP contribution in [-0.2, 0) is 9.22 Å². The molecule has 0 heterocycles. The predicted molar refractivity (Wildman–Crippen MR) is 35.5 cm³/mol. The van der Waals surface area contributed by atoms with E-state index in [0.29, 0.717) is 22.8 Å². The molecule has 0 unspecified atom stereocenters. The topological polar surface area (TPSA) is 26.3 Å². The van der Waals surface area contributed by atoms with Crippen molar-refractivity contribution in [2.45, 2.75) is 20.3 Å². The predicted octanol–water partition coefficient (Wildman–Crippen LogP) is -0.144. The molecular weight excluding hydrogens is 120 g/mol. The number of hydrogen-bond acceptors (Lipinski definition) is 2. The Labute approximate surface area is 52.8 Å². The first-order valence-electron chi connectivity index (χ1n) is 2.73. The lowest BCUT2D eigenvalue weighted by molar-refractivity contribution is -0.134. The molecule has 2 nitrogen and oxygen atoms in total. The fraction of sp³-hybridized carbons (Fsp3) is 0.800. The molecule has 0 rings (SSSR count). The number of carbonyl (C=O) groups excluding carboxylic acids is 1. The molecule has 0 aromatic heterocycles. The monoisotopic (exact) mass is 132 g/mol. The zero-order chi connectivity index (χ0) is 6.57. The first kappa shape index (κ1) is 7.69. The van der Waals surface area contributed by atoms with Gasteiger partial charge in [0, 0.05) is 6.42 Å². The van der Waals surface area contributed by atoms with Crippen molar-refractivity contribution in [1.29, 1.82) is 0 Å². The van der Waals surface area contributed by atoms with Crippen LogP contribution >= 0.6 is 0 Å². The molecule has 48 valence electrons. The molecule has 0 atom stereocenters. The van der Waals surface area contributed by atoms with E-state index in [0.717, 1.165) is 0 Å². The van der Waals surface area contributed by atoms with Gasteiger partial charge in [-0.15, -0.1) is 0 Å². The second-order valence-corrected chi connectivity index (χ2v) is 2.58. The molecule has 0 aliphatic rings. The van der Waals surface area contributed by atoms with Crippen LogP contribution in [0.25, 0.3) is 0 Å². The van der Waals surface area contributed by atoms with Gasteiger partial charge < -0.3 is 4.43 Å². The second kappa shape index (κ2) is 3.66. The maximum Gasteiger partial charge on any atom is 0.292 e. The molecule has 8 heavy (non-hydrogen) atoms. The summed E-state index contributed by atoms with van der Waals surface area (Å²) in [5.41, 5.74) is 0. The van der Waals surface area contributed by atoms with Crippen LogP contribution in [0.3, 0.4) is 0 Å². The zero-order valence-electron chi connectivity index (χ0n) is 5.60. The van der Waals surface area contributed by atoms with Gasteiger partial charge >= 0.3 is 0 Å². The minimum atomic E-state index is -0.0633. The Hall–Kier alpha value is -0.313. The maximum absolute atomic E-state index is 10.4. The maximum atomic E-state index is 10.4. The Bertz CT molecular complexity index is 80.5. The van der Waals surface area contributed by atoms with Gasteiger partial charge in [0.1, 0.15) is 0 Å². The lowest BCUT2D eigenvalue weighted by Gasteiger charge is -2.00. The van der Waals surface area contributed by atoms with Crippen LogP contribution in [0.1, 0.15) is 20.3 Å². The van der Waals surface area contributed by atoms with E-state index in [4.69, 9.17) is 0 Å². The molecule has 0 aliphatic heterocycles. The summed E-state index contributed by atoms with van der Waals surface area (Å²) < 4.78 is 4.56.